The van der Waals surface area contributed by atoms with E-state index in [4.69, 9.17) is 0 Å². The largest absolute Gasteiger partial charge is 0.388 e. The van der Waals surface area contributed by atoms with Crippen LogP contribution in [0.4, 0.5) is 0 Å². The molecule has 2 aromatic rings. The Balaban J connectivity index is 1.56. The summed E-state index contributed by atoms with van der Waals surface area (Å²) in [5.41, 5.74) is 3.77. The van der Waals surface area contributed by atoms with Gasteiger partial charge in [0.2, 0.25) is 0 Å². The third-order valence-electron chi connectivity index (χ3n) is 5.07. The van der Waals surface area contributed by atoms with Gasteiger partial charge in [-0.2, -0.15) is 0 Å². The molecular formula is C22H28N2O2. The van der Waals surface area contributed by atoms with Crippen LogP contribution in [-0.2, 0) is 0 Å². The molecule has 0 aromatic heterocycles. The average Bonchev–Trinajstić information content (AvgIpc) is 3.21. The Morgan fingerprint density at radius 3 is 2.19 bits per heavy atom. The number of likely N-dealkylation sites (tertiary alicyclic amines) is 1. The van der Waals surface area contributed by atoms with E-state index >= 15 is 0 Å². The molecule has 1 heterocycles. The summed E-state index contributed by atoms with van der Waals surface area (Å²) in [5.74, 6) is -0.0165. The molecule has 4 heteroatoms. The minimum atomic E-state index is -0.407. The number of aliphatic hydroxyl groups excluding tert-OH is 1. The van der Waals surface area contributed by atoms with Gasteiger partial charge in [0.05, 0.1) is 6.10 Å². The van der Waals surface area contributed by atoms with E-state index in [2.05, 4.69) is 10.2 Å². The van der Waals surface area contributed by atoms with Crippen molar-refractivity contribution in [3.63, 3.8) is 0 Å². The van der Waals surface area contributed by atoms with Crippen molar-refractivity contribution < 1.29 is 9.90 Å². The molecule has 0 radical (unpaired) electrons. The van der Waals surface area contributed by atoms with Gasteiger partial charge in [-0.1, -0.05) is 43.3 Å². The van der Waals surface area contributed by atoms with Crippen molar-refractivity contribution in [3.05, 3.63) is 59.7 Å². The number of hydrogen-bond donors (Lipinski definition) is 2. The zero-order chi connectivity index (χ0) is 18.4. The van der Waals surface area contributed by atoms with Gasteiger partial charge in [0, 0.05) is 18.7 Å². The maximum absolute atomic E-state index is 12.3. The third kappa shape index (κ3) is 4.71. The van der Waals surface area contributed by atoms with E-state index in [0.717, 1.165) is 36.3 Å². The Morgan fingerprint density at radius 2 is 1.62 bits per heavy atom. The first-order valence-electron chi connectivity index (χ1n) is 9.56. The molecule has 0 spiro atoms. The molecule has 0 bridgehead atoms. The number of benzene rings is 2. The molecule has 1 amide bonds. The molecule has 1 aliphatic rings. The highest BCUT2D eigenvalue weighted by molar-refractivity contribution is 5.94. The summed E-state index contributed by atoms with van der Waals surface area (Å²) in [7, 11) is 0. The minimum absolute atomic E-state index is 0.0165. The second kappa shape index (κ2) is 8.97. The first-order chi connectivity index (χ1) is 12.7. The van der Waals surface area contributed by atoms with Crippen LogP contribution >= 0.6 is 0 Å². The van der Waals surface area contributed by atoms with Gasteiger partial charge < -0.3 is 15.3 Å². The summed E-state index contributed by atoms with van der Waals surface area (Å²) in [6.07, 6.45) is 2.85. The predicted octanol–water partition coefficient (Wildman–Crippen LogP) is 3.62. The quantitative estimate of drug-likeness (QED) is 0.800. The highest BCUT2D eigenvalue weighted by atomic mass is 16.3. The van der Waals surface area contributed by atoms with Gasteiger partial charge >= 0.3 is 0 Å². The second-order valence-electron chi connectivity index (χ2n) is 6.93. The fourth-order valence-corrected chi connectivity index (χ4v) is 3.38. The first-order valence-corrected chi connectivity index (χ1v) is 9.56. The zero-order valence-electron chi connectivity index (χ0n) is 15.4. The van der Waals surface area contributed by atoms with Crippen LogP contribution in [-0.4, -0.2) is 42.1 Å². The Kier molecular flexibility index (Phi) is 6.42. The van der Waals surface area contributed by atoms with Crippen molar-refractivity contribution in [2.45, 2.75) is 32.3 Å². The summed E-state index contributed by atoms with van der Waals surface area (Å²) in [4.78, 5) is 14.7. The Labute approximate surface area is 155 Å². The fourth-order valence-electron chi connectivity index (χ4n) is 3.38. The lowest BCUT2D eigenvalue weighted by atomic mass is 10.00. The Bertz CT molecular complexity index is 704. The second-order valence-corrected chi connectivity index (χ2v) is 6.93. The van der Waals surface area contributed by atoms with E-state index in [0.29, 0.717) is 18.5 Å². The van der Waals surface area contributed by atoms with Crippen LogP contribution in [0.3, 0.4) is 0 Å². The standard InChI is InChI=1S/C22H28N2O2/c1-2-21(25)19-9-5-17(6-10-19)18-7-11-20(12-8-18)22(26)23-13-16-24-14-3-4-15-24/h5-12,21,25H,2-4,13-16H2,1H3,(H,23,26)/t21-/m0/s1. The molecule has 1 aliphatic heterocycles. The number of rotatable bonds is 7. The molecule has 0 unspecified atom stereocenters. The lowest BCUT2D eigenvalue weighted by Gasteiger charge is -2.14. The molecule has 3 rings (SSSR count). The van der Waals surface area contributed by atoms with E-state index in [1.807, 2.05) is 55.5 Å². The topological polar surface area (TPSA) is 52.6 Å². The van der Waals surface area contributed by atoms with Crippen LogP contribution in [0.2, 0.25) is 0 Å². The van der Waals surface area contributed by atoms with Gasteiger partial charge in [0.25, 0.3) is 5.91 Å². The molecule has 4 nitrogen and oxygen atoms in total. The highest BCUT2D eigenvalue weighted by Gasteiger charge is 2.12. The molecule has 2 N–H and O–H groups in total. The van der Waals surface area contributed by atoms with Crippen molar-refractivity contribution in [3.8, 4) is 11.1 Å². The van der Waals surface area contributed by atoms with Gasteiger partial charge in [-0.3, -0.25) is 4.79 Å². The van der Waals surface area contributed by atoms with Crippen LogP contribution in [0, 0.1) is 0 Å². The summed E-state index contributed by atoms with van der Waals surface area (Å²) in [5, 5.41) is 12.9. The molecular weight excluding hydrogens is 324 g/mol. The van der Waals surface area contributed by atoms with Gasteiger partial charge in [-0.25, -0.2) is 0 Å². The smallest absolute Gasteiger partial charge is 0.251 e. The monoisotopic (exact) mass is 352 g/mol. The number of amides is 1. The van der Waals surface area contributed by atoms with Gasteiger partial charge in [0.15, 0.2) is 0 Å². The van der Waals surface area contributed by atoms with Gasteiger partial charge in [0.1, 0.15) is 0 Å². The normalized spacial score (nSPS) is 15.8. The molecule has 1 saturated heterocycles. The molecule has 138 valence electrons. The zero-order valence-corrected chi connectivity index (χ0v) is 15.4. The van der Waals surface area contributed by atoms with Crippen LogP contribution in [0.1, 0.15) is 48.2 Å². The molecule has 2 aromatic carbocycles. The maximum atomic E-state index is 12.3. The molecule has 1 atom stereocenters. The van der Waals surface area contributed by atoms with Gasteiger partial charge in [-0.15, -0.1) is 0 Å². The summed E-state index contributed by atoms with van der Waals surface area (Å²) in [6.45, 7) is 5.90. The first kappa shape index (κ1) is 18.6. The minimum Gasteiger partial charge on any atom is -0.388 e. The molecule has 26 heavy (non-hydrogen) atoms. The Morgan fingerprint density at radius 1 is 1.04 bits per heavy atom. The van der Waals surface area contributed by atoms with Crippen molar-refractivity contribution in [1.29, 1.82) is 0 Å². The summed E-state index contributed by atoms with van der Waals surface area (Å²) in [6, 6.07) is 15.6. The van der Waals surface area contributed by atoms with E-state index in [1.54, 1.807) is 0 Å². The lowest BCUT2D eigenvalue weighted by molar-refractivity contribution is 0.0949. The SMILES string of the molecule is CC[C@H](O)c1ccc(-c2ccc(C(=O)NCCN3CCCC3)cc2)cc1. The molecule has 0 saturated carbocycles. The van der Waals surface area contributed by atoms with Crippen molar-refractivity contribution in [1.82, 2.24) is 10.2 Å². The third-order valence-corrected chi connectivity index (χ3v) is 5.07. The lowest BCUT2D eigenvalue weighted by Crippen LogP contribution is -2.33. The van der Waals surface area contributed by atoms with Crippen LogP contribution in [0.15, 0.2) is 48.5 Å². The van der Waals surface area contributed by atoms with Crippen molar-refractivity contribution >= 4 is 5.91 Å². The molecule has 0 aliphatic carbocycles. The van der Waals surface area contributed by atoms with Crippen LogP contribution < -0.4 is 5.32 Å². The van der Waals surface area contributed by atoms with Crippen molar-refractivity contribution in [2.75, 3.05) is 26.2 Å². The Hall–Kier alpha value is -2.17. The summed E-state index contributed by atoms with van der Waals surface area (Å²) < 4.78 is 0. The highest BCUT2D eigenvalue weighted by Crippen LogP contribution is 2.23. The van der Waals surface area contributed by atoms with Gasteiger partial charge in [-0.05, 0) is 61.2 Å². The van der Waals surface area contributed by atoms with E-state index < -0.39 is 6.10 Å². The number of nitrogens with one attached hydrogen (secondary N) is 1. The van der Waals surface area contributed by atoms with E-state index in [-0.39, 0.29) is 5.91 Å². The number of aliphatic hydroxyl groups is 1. The number of carbonyl (C=O) groups is 1. The van der Waals surface area contributed by atoms with E-state index in [9.17, 15) is 9.90 Å². The number of carbonyl (C=O) groups excluding carboxylic acids is 1. The van der Waals surface area contributed by atoms with Crippen molar-refractivity contribution in [2.24, 2.45) is 0 Å². The summed E-state index contributed by atoms with van der Waals surface area (Å²) >= 11 is 0. The molecule has 1 fully saturated rings. The predicted molar refractivity (Wildman–Crippen MR) is 105 cm³/mol. The number of nitrogens with zero attached hydrogens (tertiary/aromatic N) is 1. The fraction of sp³-hybridized carbons (Fsp3) is 0.409. The van der Waals surface area contributed by atoms with Crippen LogP contribution in [0.25, 0.3) is 11.1 Å². The number of hydrogen-bond acceptors (Lipinski definition) is 3. The van der Waals surface area contributed by atoms with Crippen LogP contribution in [0.5, 0.6) is 0 Å². The van der Waals surface area contributed by atoms with E-state index in [1.165, 1.54) is 12.8 Å². The average molecular weight is 352 g/mol. The maximum Gasteiger partial charge on any atom is 0.251 e.